The van der Waals surface area contributed by atoms with Gasteiger partial charge in [0.1, 0.15) is 11.6 Å². The van der Waals surface area contributed by atoms with Crippen molar-refractivity contribution in [3.05, 3.63) is 41.4 Å². The van der Waals surface area contributed by atoms with Crippen molar-refractivity contribution in [3.63, 3.8) is 0 Å². The molecule has 0 radical (unpaired) electrons. The molecule has 0 fully saturated rings. The average molecular weight is 319 g/mol. The Hall–Kier alpha value is -2.50. The number of nitrogens with one attached hydrogen (secondary N) is 1. The zero-order valence-electron chi connectivity index (χ0n) is 13.5. The van der Waals surface area contributed by atoms with Crippen LogP contribution in [0.5, 0.6) is 0 Å². The largest absolute Gasteiger partial charge is 0.444 e. The van der Waals surface area contributed by atoms with E-state index in [2.05, 4.69) is 10.1 Å². The maximum atomic E-state index is 11.8. The second-order valence-corrected chi connectivity index (χ2v) is 5.85. The van der Waals surface area contributed by atoms with E-state index in [1.165, 1.54) is 0 Å². The number of ether oxygens (including phenoxy) is 2. The lowest BCUT2D eigenvalue weighted by Crippen LogP contribution is -2.46. The van der Waals surface area contributed by atoms with Gasteiger partial charge in [0, 0.05) is 0 Å². The Morgan fingerprint density at radius 2 is 1.96 bits per heavy atom. The fraction of sp³-hybridized carbons (Fsp3) is 0.438. The molecule has 0 saturated carbocycles. The molecule has 0 aliphatic carbocycles. The van der Waals surface area contributed by atoms with Crippen LogP contribution >= 0.6 is 0 Å². The Balaban J connectivity index is 2.60. The highest BCUT2D eigenvalue weighted by Gasteiger charge is 2.25. The Bertz CT molecular complexity index is 575. The molecular formula is C16H21N3O4. The van der Waals surface area contributed by atoms with E-state index in [4.69, 9.17) is 15.0 Å². The summed E-state index contributed by atoms with van der Waals surface area (Å²) < 4.78 is 10.5. The van der Waals surface area contributed by atoms with Crippen LogP contribution in [0.15, 0.2) is 30.3 Å². The molecule has 7 nitrogen and oxygen atoms in total. The summed E-state index contributed by atoms with van der Waals surface area (Å²) in [7, 11) is 0. The summed E-state index contributed by atoms with van der Waals surface area (Å²) in [5.74, 6) is -0.591. The molecule has 0 heterocycles. The highest BCUT2D eigenvalue weighted by Crippen LogP contribution is 2.07. The summed E-state index contributed by atoms with van der Waals surface area (Å²) in [5, 5.41) is 2.41. The molecule has 0 spiro atoms. The fourth-order valence-corrected chi connectivity index (χ4v) is 1.66. The van der Waals surface area contributed by atoms with Crippen LogP contribution in [0.1, 0.15) is 26.3 Å². The van der Waals surface area contributed by atoms with Crippen molar-refractivity contribution in [2.75, 3.05) is 6.61 Å². The molecule has 0 aromatic heterocycles. The van der Waals surface area contributed by atoms with Crippen molar-refractivity contribution in [1.82, 2.24) is 5.32 Å². The number of alkyl carbamates (subject to hydrolysis) is 1. The predicted octanol–water partition coefficient (Wildman–Crippen LogP) is 1.97. The van der Waals surface area contributed by atoms with Gasteiger partial charge in [0.15, 0.2) is 0 Å². The molecule has 0 unspecified atom stereocenters. The molecule has 1 aromatic rings. The lowest BCUT2D eigenvalue weighted by Gasteiger charge is -2.22. The molecule has 124 valence electrons. The molecule has 1 atom stereocenters. The molecule has 1 N–H and O–H groups in total. The first-order chi connectivity index (χ1) is 10.8. The van der Waals surface area contributed by atoms with E-state index in [1.54, 1.807) is 20.8 Å². The van der Waals surface area contributed by atoms with Crippen LogP contribution in [-0.2, 0) is 20.9 Å². The molecule has 0 bridgehead atoms. The van der Waals surface area contributed by atoms with Crippen LogP contribution in [0.3, 0.4) is 0 Å². The minimum Gasteiger partial charge on any atom is -0.444 e. The number of hydrogen-bond donors (Lipinski definition) is 1. The third-order valence-corrected chi connectivity index (χ3v) is 2.62. The van der Waals surface area contributed by atoms with Crippen molar-refractivity contribution in [1.29, 1.82) is 0 Å². The van der Waals surface area contributed by atoms with Gasteiger partial charge in [-0.1, -0.05) is 30.3 Å². The van der Waals surface area contributed by atoms with Crippen molar-refractivity contribution >= 4 is 18.1 Å². The van der Waals surface area contributed by atoms with Crippen LogP contribution in [0.2, 0.25) is 0 Å². The molecule has 0 aliphatic heterocycles. The number of benzene rings is 1. The fourth-order valence-electron chi connectivity index (χ4n) is 1.66. The van der Waals surface area contributed by atoms with Crippen molar-refractivity contribution in [2.24, 2.45) is 0 Å². The first-order valence-corrected chi connectivity index (χ1v) is 7.14. The minimum absolute atomic E-state index is 0.0704. The molecular weight excluding hydrogens is 298 g/mol. The van der Waals surface area contributed by atoms with Gasteiger partial charge in [-0.15, -0.1) is 0 Å². The number of Topliss-reactive ketones (excluding diaryl/α,β-unsaturated/α-hetero) is 1. The molecule has 1 amide bonds. The number of carbonyl (C=O) groups excluding carboxylic acids is 2. The zero-order chi connectivity index (χ0) is 17.3. The number of rotatable bonds is 7. The summed E-state index contributed by atoms with van der Waals surface area (Å²) in [6.45, 7) is 5.36. The Labute approximate surface area is 135 Å². The van der Waals surface area contributed by atoms with Gasteiger partial charge in [-0.25, -0.2) is 4.79 Å². The Morgan fingerprint density at radius 3 is 2.52 bits per heavy atom. The Kier molecular flexibility index (Phi) is 7.12. The summed E-state index contributed by atoms with van der Waals surface area (Å²) >= 11 is 0. The predicted molar refractivity (Wildman–Crippen MR) is 83.9 cm³/mol. The van der Waals surface area contributed by atoms with Gasteiger partial charge in [-0.05, 0) is 26.3 Å². The third kappa shape index (κ3) is 7.90. The number of hydrogen-bond acceptors (Lipinski definition) is 4. The monoisotopic (exact) mass is 319 g/mol. The average Bonchev–Trinajstić information content (AvgIpc) is 2.45. The lowest BCUT2D eigenvalue weighted by molar-refractivity contribution is -0.119. The molecule has 23 heavy (non-hydrogen) atoms. The highest BCUT2D eigenvalue weighted by atomic mass is 16.6. The van der Waals surface area contributed by atoms with E-state index in [0.29, 0.717) is 6.21 Å². The highest BCUT2D eigenvalue weighted by molar-refractivity contribution is 6.28. The molecule has 0 saturated heterocycles. The molecule has 1 rings (SSSR count). The Morgan fingerprint density at radius 1 is 1.30 bits per heavy atom. The topological polar surface area (TPSA) is 101 Å². The van der Waals surface area contributed by atoms with E-state index in [0.717, 1.165) is 5.56 Å². The van der Waals surface area contributed by atoms with Crippen LogP contribution in [0, 0.1) is 0 Å². The van der Waals surface area contributed by atoms with E-state index in [-0.39, 0.29) is 13.2 Å². The summed E-state index contributed by atoms with van der Waals surface area (Å²) in [6, 6.07) is 8.40. The standard InChI is InChI=1S/C16H21N3O4/c1-16(2,3)23-15(21)19-13(14(20)9-18-17)11-22-10-12-7-5-4-6-8-12/h4-9,13H,10-11H2,1-3H3,(H,19,21)/t13-/m0/s1. The van der Waals surface area contributed by atoms with Crippen LogP contribution < -0.4 is 5.32 Å². The van der Waals surface area contributed by atoms with Gasteiger partial charge in [0.05, 0.1) is 13.2 Å². The maximum absolute atomic E-state index is 11.8. The minimum atomic E-state index is -0.996. The van der Waals surface area contributed by atoms with Crippen molar-refractivity contribution < 1.29 is 23.9 Å². The van der Waals surface area contributed by atoms with Gasteiger partial charge >= 0.3 is 12.3 Å². The maximum Gasteiger partial charge on any atom is 0.408 e. The van der Waals surface area contributed by atoms with E-state index in [9.17, 15) is 9.59 Å². The number of ketones is 1. The number of nitrogens with zero attached hydrogens (tertiary/aromatic N) is 2. The van der Waals surface area contributed by atoms with Crippen LogP contribution in [0.4, 0.5) is 4.79 Å². The first kappa shape index (κ1) is 18.5. The lowest BCUT2D eigenvalue weighted by atomic mass is 10.2. The normalized spacial score (nSPS) is 12.0. The van der Waals surface area contributed by atoms with Crippen molar-refractivity contribution in [3.8, 4) is 0 Å². The SMILES string of the molecule is CC(C)(C)OC(=O)N[C@@H](COCc1ccccc1)C(=O)C=[N+]=[N-]. The summed E-state index contributed by atoms with van der Waals surface area (Å²) in [5.41, 5.74) is 8.72. The van der Waals surface area contributed by atoms with Gasteiger partial charge < -0.3 is 20.3 Å². The van der Waals surface area contributed by atoms with Crippen LogP contribution in [-0.4, -0.2) is 41.1 Å². The van der Waals surface area contributed by atoms with Crippen LogP contribution in [0.25, 0.3) is 5.53 Å². The second-order valence-electron chi connectivity index (χ2n) is 5.85. The molecule has 0 aliphatic rings. The first-order valence-electron chi connectivity index (χ1n) is 7.14. The van der Waals surface area contributed by atoms with Crippen molar-refractivity contribution in [2.45, 2.75) is 39.0 Å². The van der Waals surface area contributed by atoms with E-state index >= 15 is 0 Å². The quantitative estimate of drug-likeness (QED) is 0.471. The molecule has 7 heteroatoms. The van der Waals surface area contributed by atoms with Gasteiger partial charge in [-0.2, -0.15) is 4.79 Å². The third-order valence-electron chi connectivity index (χ3n) is 2.62. The molecule has 1 aromatic carbocycles. The van der Waals surface area contributed by atoms with Gasteiger partial charge in [-0.3, -0.25) is 4.79 Å². The van der Waals surface area contributed by atoms with Gasteiger partial charge in [0.25, 0.3) is 5.78 Å². The number of carbonyl (C=O) groups is 2. The second kappa shape index (κ2) is 8.82. The zero-order valence-corrected chi connectivity index (χ0v) is 13.5. The summed E-state index contributed by atoms with van der Waals surface area (Å²) in [4.78, 5) is 26.3. The van der Waals surface area contributed by atoms with Gasteiger partial charge in [0.2, 0.25) is 0 Å². The summed E-state index contributed by atoms with van der Waals surface area (Å²) in [6.07, 6.45) is -0.0287. The smallest absolute Gasteiger partial charge is 0.408 e. The van der Waals surface area contributed by atoms with E-state index < -0.39 is 23.5 Å². The van der Waals surface area contributed by atoms with E-state index in [1.807, 2.05) is 30.3 Å². The number of amides is 1.